The first-order valence-corrected chi connectivity index (χ1v) is 7.56. The van der Waals surface area contributed by atoms with Crippen LogP contribution in [0.1, 0.15) is 5.56 Å². The second-order valence-corrected chi connectivity index (χ2v) is 6.08. The molecule has 0 amide bonds. The van der Waals surface area contributed by atoms with Gasteiger partial charge in [-0.05, 0) is 14.1 Å². The predicted octanol–water partition coefficient (Wildman–Crippen LogP) is 2.29. The van der Waals surface area contributed by atoms with Crippen LogP contribution in [0, 0.1) is 20.2 Å². The van der Waals surface area contributed by atoms with Crippen molar-refractivity contribution in [2.24, 2.45) is 0 Å². The molecule has 0 N–H and O–H groups in total. The van der Waals surface area contributed by atoms with Gasteiger partial charge in [0.25, 0.3) is 11.4 Å². The van der Waals surface area contributed by atoms with E-state index in [1.807, 2.05) is 4.90 Å². The van der Waals surface area contributed by atoms with Crippen LogP contribution in [0.3, 0.4) is 0 Å². The quantitative estimate of drug-likeness (QED) is 0.572. The van der Waals surface area contributed by atoms with E-state index in [0.717, 1.165) is 0 Å². The summed E-state index contributed by atoms with van der Waals surface area (Å²) in [4.78, 5) is 23.7. The molecule has 0 aliphatic carbocycles. The Bertz CT molecular complexity index is 675. The number of nitro groups is 2. The van der Waals surface area contributed by atoms with Gasteiger partial charge in [0.15, 0.2) is 5.69 Å². The number of nitrogens with zero attached hydrogens (tertiary/aromatic N) is 4. The average molecular weight is 378 g/mol. The fourth-order valence-electron chi connectivity index (χ4n) is 2.81. The molecule has 1 aliphatic heterocycles. The molecule has 1 fully saturated rings. The summed E-state index contributed by atoms with van der Waals surface area (Å²) < 4.78 is 44.4. The Morgan fingerprint density at radius 1 is 1.23 bits per heavy atom. The zero-order chi connectivity index (χ0) is 19.6. The lowest BCUT2D eigenvalue weighted by Crippen LogP contribution is -2.46. The minimum atomic E-state index is -4.94. The molecule has 1 saturated heterocycles. The number of anilines is 1. The standard InChI is InChI=1S/C14H17F3N4O5/c1-18(2)7-10-8-19(3-4-26-10)13-11(20(22)23)5-9(14(15,16)17)6-12(13)21(24)25/h5-6,10H,3-4,7-8H2,1-2H3. The van der Waals surface area contributed by atoms with Crippen LogP contribution < -0.4 is 4.90 Å². The van der Waals surface area contributed by atoms with E-state index in [1.54, 1.807) is 14.1 Å². The van der Waals surface area contributed by atoms with Crippen molar-refractivity contribution in [1.29, 1.82) is 0 Å². The number of morpholine rings is 1. The predicted molar refractivity (Wildman–Crippen MR) is 85.3 cm³/mol. The Balaban J connectivity index is 2.55. The fourth-order valence-corrected chi connectivity index (χ4v) is 2.81. The largest absolute Gasteiger partial charge is 0.416 e. The van der Waals surface area contributed by atoms with E-state index >= 15 is 0 Å². The van der Waals surface area contributed by atoms with Crippen LogP contribution in [0.15, 0.2) is 12.1 Å². The van der Waals surface area contributed by atoms with Gasteiger partial charge in [-0.3, -0.25) is 20.2 Å². The monoisotopic (exact) mass is 378 g/mol. The van der Waals surface area contributed by atoms with Gasteiger partial charge >= 0.3 is 6.18 Å². The van der Waals surface area contributed by atoms with Crippen molar-refractivity contribution in [3.05, 3.63) is 37.9 Å². The number of benzene rings is 1. The molecule has 1 atom stereocenters. The minimum Gasteiger partial charge on any atom is -0.373 e. The maximum absolute atomic E-state index is 13.0. The van der Waals surface area contributed by atoms with Crippen LogP contribution in [0.4, 0.5) is 30.2 Å². The molecule has 0 saturated carbocycles. The van der Waals surface area contributed by atoms with E-state index in [9.17, 15) is 33.4 Å². The first-order valence-electron chi connectivity index (χ1n) is 7.56. The molecule has 1 aromatic carbocycles. The van der Waals surface area contributed by atoms with Gasteiger partial charge in [0.05, 0.1) is 28.1 Å². The summed E-state index contributed by atoms with van der Waals surface area (Å²) in [5, 5.41) is 22.7. The Hall–Kier alpha value is -2.47. The lowest BCUT2D eigenvalue weighted by atomic mass is 10.1. The Kier molecular flexibility index (Phi) is 5.66. The third-order valence-corrected chi connectivity index (χ3v) is 3.81. The first-order chi connectivity index (χ1) is 12.0. The highest BCUT2D eigenvalue weighted by Crippen LogP contribution is 2.43. The highest BCUT2D eigenvalue weighted by atomic mass is 19.4. The summed E-state index contributed by atoms with van der Waals surface area (Å²) in [5.41, 5.74) is -3.76. The molecule has 0 spiro atoms. The van der Waals surface area contributed by atoms with Crippen molar-refractivity contribution >= 4 is 17.1 Å². The van der Waals surface area contributed by atoms with E-state index < -0.39 is 38.6 Å². The molecule has 1 unspecified atom stereocenters. The summed E-state index contributed by atoms with van der Waals surface area (Å²) in [6.45, 7) is 0.786. The Labute approximate surface area is 146 Å². The summed E-state index contributed by atoms with van der Waals surface area (Å²) in [6.07, 6.45) is -5.33. The van der Waals surface area contributed by atoms with Crippen LogP contribution in [0.25, 0.3) is 0 Å². The van der Waals surface area contributed by atoms with Crippen LogP contribution >= 0.6 is 0 Å². The average Bonchev–Trinajstić information content (AvgIpc) is 2.52. The molecule has 144 valence electrons. The summed E-state index contributed by atoms with van der Waals surface area (Å²) in [6, 6.07) is 0.664. The molecule has 0 aromatic heterocycles. The summed E-state index contributed by atoms with van der Waals surface area (Å²) in [7, 11) is 3.57. The lowest BCUT2D eigenvalue weighted by Gasteiger charge is -2.35. The SMILES string of the molecule is CN(C)CC1CN(c2c([N+](=O)[O-])cc(C(F)(F)F)cc2[N+](=O)[O-])CCO1. The van der Waals surface area contributed by atoms with Crippen molar-refractivity contribution in [2.45, 2.75) is 12.3 Å². The molecule has 1 heterocycles. The normalized spacial score (nSPS) is 18.2. The zero-order valence-electron chi connectivity index (χ0n) is 14.0. The molecular weight excluding hydrogens is 361 g/mol. The number of rotatable bonds is 5. The van der Waals surface area contributed by atoms with Gasteiger partial charge in [-0.15, -0.1) is 0 Å². The molecule has 1 aromatic rings. The van der Waals surface area contributed by atoms with Gasteiger partial charge in [0, 0.05) is 31.8 Å². The van der Waals surface area contributed by atoms with Gasteiger partial charge in [-0.25, -0.2) is 0 Å². The highest BCUT2D eigenvalue weighted by Gasteiger charge is 2.40. The van der Waals surface area contributed by atoms with Gasteiger partial charge in [-0.2, -0.15) is 13.2 Å². The van der Waals surface area contributed by atoms with E-state index in [2.05, 4.69) is 0 Å². The van der Waals surface area contributed by atoms with Crippen LogP contribution in [0.5, 0.6) is 0 Å². The van der Waals surface area contributed by atoms with E-state index in [1.165, 1.54) is 4.90 Å². The van der Waals surface area contributed by atoms with E-state index in [4.69, 9.17) is 4.74 Å². The van der Waals surface area contributed by atoms with E-state index in [0.29, 0.717) is 18.7 Å². The third-order valence-electron chi connectivity index (χ3n) is 3.81. The maximum Gasteiger partial charge on any atom is 0.416 e. The number of hydrogen-bond acceptors (Lipinski definition) is 7. The fraction of sp³-hybridized carbons (Fsp3) is 0.571. The molecule has 0 radical (unpaired) electrons. The maximum atomic E-state index is 13.0. The molecule has 1 aliphatic rings. The zero-order valence-corrected chi connectivity index (χ0v) is 14.0. The summed E-state index contributed by atoms with van der Waals surface area (Å²) in [5.74, 6) is 0. The van der Waals surface area contributed by atoms with Crippen molar-refractivity contribution in [3.8, 4) is 0 Å². The second kappa shape index (κ2) is 7.41. The molecule has 26 heavy (non-hydrogen) atoms. The Morgan fingerprint density at radius 3 is 2.19 bits per heavy atom. The van der Waals surface area contributed by atoms with Crippen LogP contribution in [-0.4, -0.2) is 61.2 Å². The van der Waals surface area contributed by atoms with Gasteiger partial charge in [0.1, 0.15) is 0 Å². The lowest BCUT2D eigenvalue weighted by molar-refractivity contribution is -0.393. The van der Waals surface area contributed by atoms with Gasteiger partial charge in [0.2, 0.25) is 0 Å². The smallest absolute Gasteiger partial charge is 0.373 e. The molecule has 2 rings (SSSR count). The molecular formula is C14H17F3N4O5. The third kappa shape index (κ3) is 4.38. The number of ether oxygens (including phenoxy) is 1. The van der Waals surface area contributed by atoms with Gasteiger partial charge in [-0.1, -0.05) is 0 Å². The first kappa shape index (κ1) is 19.8. The number of alkyl halides is 3. The van der Waals surface area contributed by atoms with Crippen LogP contribution in [-0.2, 0) is 10.9 Å². The second-order valence-electron chi connectivity index (χ2n) is 6.08. The molecule has 0 bridgehead atoms. The minimum absolute atomic E-state index is 0.0885. The Morgan fingerprint density at radius 2 is 1.77 bits per heavy atom. The molecule has 9 nitrogen and oxygen atoms in total. The number of hydrogen-bond donors (Lipinski definition) is 0. The number of nitro benzene ring substituents is 2. The van der Waals surface area contributed by atoms with Crippen molar-refractivity contribution in [1.82, 2.24) is 4.90 Å². The van der Waals surface area contributed by atoms with Crippen molar-refractivity contribution in [2.75, 3.05) is 45.2 Å². The van der Waals surface area contributed by atoms with E-state index in [-0.39, 0.29) is 25.8 Å². The highest BCUT2D eigenvalue weighted by molar-refractivity contribution is 5.76. The van der Waals surface area contributed by atoms with Crippen molar-refractivity contribution < 1.29 is 27.8 Å². The van der Waals surface area contributed by atoms with Crippen LogP contribution in [0.2, 0.25) is 0 Å². The van der Waals surface area contributed by atoms with Gasteiger partial charge < -0.3 is 14.5 Å². The van der Waals surface area contributed by atoms with Crippen molar-refractivity contribution in [3.63, 3.8) is 0 Å². The number of halogens is 3. The summed E-state index contributed by atoms with van der Waals surface area (Å²) >= 11 is 0. The molecule has 12 heteroatoms. The number of likely N-dealkylation sites (N-methyl/N-ethyl adjacent to an activating group) is 1. The topological polar surface area (TPSA) is 102 Å².